The molecule has 98 valence electrons. The Labute approximate surface area is 113 Å². The van der Waals surface area contributed by atoms with Crippen molar-refractivity contribution in [2.45, 2.75) is 33.6 Å². The van der Waals surface area contributed by atoms with Crippen molar-refractivity contribution in [3.05, 3.63) is 6.20 Å². The molecule has 0 aliphatic heterocycles. The van der Waals surface area contributed by atoms with Crippen LogP contribution in [0.3, 0.4) is 0 Å². The molecule has 2 rings (SSSR count). The molecule has 0 fully saturated rings. The van der Waals surface area contributed by atoms with Crippen LogP contribution in [0.1, 0.15) is 13.3 Å². The summed E-state index contributed by atoms with van der Waals surface area (Å²) < 4.78 is 25.2. The Morgan fingerprint density at radius 3 is 2.89 bits per heavy atom. The van der Waals surface area contributed by atoms with E-state index in [2.05, 4.69) is 20.5 Å². The van der Waals surface area contributed by atoms with Crippen LogP contribution in [0.15, 0.2) is 19.9 Å². The zero-order chi connectivity index (χ0) is 13.2. The van der Waals surface area contributed by atoms with Crippen LogP contribution in [0.2, 0.25) is 0 Å². The van der Waals surface area contributed by atoms with Gasteiger partial charge in [0, 0.05) is 12.8 Å². The first-order valence-electron chi connectivity index (χ1n) is 5.10. The number of nitrogens with zero attached hydrogens (tertiary/aromatic N) is 5. The average Bonchev–Trinajstić information content (AvgIpc) is 2.89. The predicted octanol–water partition coefficient (Wildman–Crippen LogP) is 1.09. The highest BCUT2D eigenvalue weighted by molar-refractivity contribution is 8.01. The molecule has 0 amide bonds. The lowest BCUT2D eigenvalue weighted by Crippen LogP contribution is -2.00. The molecule has 2 heterocycles. The van der Waals surface area contributed by atoms with Gasteiger partial charge >= 0.3 is 0 Å². The molecule has 10 heteroatoms. The van der Waals surface area contributed by atoms with E-state index >= 15 is 0 Å². The molecule has 0 aromatic carbocycles. The molecule has 2 aromatic rings. The van der Waals surface area contributed by atoms with Crippen molar-refractivity contribution in [3.63, 3.8) is 0 Å². The van der Waals surface area contributed by atoms with Crippen molar-refractivity contribution in [1.29, 1.82) is 0 Å². The van der Waals surface area contributed by atoms with Gasteiger partial charge in [-0.05, 0) is 28.6 Å². The summed E-state index contributed by atoms with van der Waals surface area (Å²) in [5.74, 6) is 0. The number of aryl methyl sites for hydroxylation is 1. The first-order chi connectivity index (χ1) is 8.50. The third kappa shape index (κ3) is 3.06. The van der Waals surface area contributed by atoms with E-state index in [9.17, 15) is 8.42 Å². The van der Waals surface area contributed by atoms with Gasteiger partial charge in [0.25, 0.3) is 0 Å². The Kier molecular flexibility index (Phi) is 3.97. The van der Waals surface area contributed by atoms with Gasteiger partial charge in [0.2, 0.25) is 5.16 Å². The second kappa shape index (κ2) is 5.33. The standard InChI is InChI=1S/C8H11N5O2S3/c1-3-4-13-7(10-11-12-13)17-8-9-5-6(16-8)18(2,14)15/h5H,3-4H2,1-2H3. The summed E-state index contributed by atoms with van der Waals surface area (Å²) in [4.78, 5) is 4.05. The number of thiazole rings is 1. The number of rotatable bonds is 5. The molecule has 18 heavy (non-hydrogen) atoms. The van der Waals surface area contributed by atoms with Gasteiger partial charge < -0.3 is 0 Å². The maximum absolute atomic E-state index is 11.3. The molecule has 0 unspecified atom stereocenters. The van der Waals surface area contributed by atoms with E-state index < -0.39 is 9.84 Å². The van der Waals surface area contributed by atoms with E-state index in [0.29, 0.717) is 9.50 Å². The number of sulfone groups is 1. The number of tetrazole rings is 1. The highest BCUT2D eigenvalue weighted by atomic mass is 32.2. The lowest BCUT2D eigenvalue weighted by molar-refractivity contribution is 0.539. The van der Waals surface area contributed by atoms with Gasteiger partial charge in [-0.1, -0.05) is 18.3 Å². The molecule has 0 saturated heterocycles. The Morgan fingerprint density at radius 2 is 2.28 bits per heavy atom. The van der Waals surface area contributed by atoms with Gasteiger partial charge in [0.15, 0.2) is 14.2 Å². The van der Waals surface area contributed by atoms with Crippen molar-refractivity contribution in [3.8, 4) is 0 Å². The summed E-state index contributed by atoms with van der Waals surface area (Å²) >= 11 is 2.39. The van der Waals surface area contributed by atoms with Gasteiger partial charge in [0.1, 0.15) is 4.21 Å². The Balaban J connectivity index is 2.19. The van der Waals surface area contributed by atoms with Crippen molar-refractivity contribution >= 4 is 32.9 Å². The SMILES string of the molecule is CCCn1nnnc1Sc1ncc(S(C)(=O)=O)s1. The van der Waals surface area contributed by atoms with Crippen LogP contribution < -0.4 is 0 Å². The fourth-order valence-corrected chi connectivity index (χ4v) is 4.02. The number of hydrogen-bond acceptors (Lipinski definition) is 8. The van der Waals surface area contributed by atoms with Gasteiger partial charge in [-0.15, -0.1) is 5.10 Å². The minimum Gasteiger partial charge on any atom is -0.236 e. The van der Waals surface area contributed by atoms with E-state index in [4.69, 9.17) is 0 Å². The molecule has 0 aliphatic carbocycles. The van der Waals surface area contributed by atoms with Crippen molar-refractivity contribution in [1.82, 2.24) is 25.2 Å². The first-order valence-corrected chi connectivity index (χ1v) is 8.63. The maximum atomic E-state index is 11.3. The molecule has 0 bridgehead atoms. The van der Waals surface area contributed by atoms with E-state index in [-0.39, 0.29) is 4.21 Å². The molecule has 0 atom stereocenters. The average molecular weight is 305 g/mol. The molecule has 2 aromatic heterocycles. The zero-order valence-electron chi connectivity index (χ0n) is 9.77. The molecule has 0 spiro atoms. The summed E-state index contributed by atoms with van der Waals surface area (Å²) in [5, 5.41) is 11.9. The van der Waals surface area contributed by atoms with Crippen molar-refractivity contribution in [2.24, 2.45) is 0 Å². The largest absolute Gasteiger partial charge is 0.236 e. The van der Waals surface area contributed by atoms with Crippen molar-refractivity contribution < 1.29 is 8.42 Å². The third-order valence-electron chi connectivity index (χ3n) is 1.94. The molecule has 0 radical (unpaired) electrons. The highest BCUT2D eigenvalue weighted by Gasteiger charge is 2.15. The lowest BCUT2D eigenvalue weighted by Gasteiger charge is -1.98. The molecule has 0 N–H and O–H groups in total. The minimum atomic E-state index is -3.20. The zero-order valence-corrected chi connectivity index (χ0v) is 12.2. The number of aromatic nitrogens is 5. The second-order valence-corrected chi connectivity index (χ2v) is 7.99. The van der Waals surface area contributed by atoms with Crippen LogP contribution in [0, 0.1) is 0 Å². The molecule has 0 aliphatic rings. The predicted molar refractivity (Wildman–Crippen MR) is 67.5 cm³/mol. The summed E-state index contributed by atoms with van der Waals surface area (Å²) in [5.41, 5.74) is 0. The topological polar surface area (TPSA) is 90.6 Å². The summed E-state index contributed by atoms with van der Waals surface area (Å²) in [6, 6.07) is 0. The first kappa shape index (κ1) is 13.4. The third-order valence-corrected chi connectivity index (χ3v) is 5.78. The maximum Gasteiger partial charge on any atom is 0.216 e. The van der Waals surface area contributed by atoms with Gasteiger partial charge in [-0.2, -0.15) is 0 Å². The molecule has 0 saturated carbocycles. The quantitative estimate of drug-likeness (QED) is 0.816. The Bertz CT molecular complexity index is 633. The van der Waals surface area contributed by atoms with E-state index in [1.807, 2.05) is 6.92 Å². The van der Waals surface area contributed by atoms with Crippen LogP contribution in [0.4, 0.5) is 0 Å². The van der Waals surface area contributed by atoms with Crippen LogP contribution in [-0.2, 0) is 16.4 Å². The van der Waals surface area contributed by atoms with Crippen LogP contribution in [0.5, 0.6) is 0 Å². The van der Waals surface area contributed by atoms with Crippen LogP contribution >= 0.6 is 23.1 Å². The van der Waals surface area contributed by atoms with Gasteiger partial charge in [0.05, 0.1) is 6.20 Å². The molecular formula is C8H11N5O2S3. The Morgan fingerprint density at radius 1 is 1.50 bits per heavy atom. The van der Waals surface area contributed by atoms with E-state index in [1.54, 1.807) is 4.68 Å². The van der Waals surface area contributed by atoms with E-state index in [1.165, 1.54) is 18.0 Å². The van der Waals surface area contributed by atoms with Crippen molar-refractivity contribution in [2.75, 3.05) is 6.26 Å². The summed E-state index contributed by atoms with van der Waals surface area (Å²) in [6.45, 7) is 2.75. The van der Waals surface area contributed by atoms with Crippen LogP contribution in [0.25, 0.3) is 0 Å². The smallest absolute Gasteiger partial charge is 0.216 e. The molecular weight excluding hydrogens is 294 g/mol. The van der Waals surface area contributed by atoms with Crippen LogP contribution in [-0.4, -0.2) is 39.9 Å². The fraction of sp³-hybridized carbons (Fsp3) is 0.500. The fourth-order valence-electron chi connectivity index (χ4n) is 1.16. The van der Waals surface area contributed by atoms with Gasteiger partial charge in [-0.25, -0.2) is 18.1 Å². The highest BCUT2D eigenvalue weighted by Crippen LogP contribution is 2.31. The van der Waals surface area contributed by atoms with Gasteiger partial charge in [-0.3, -0.25) is 0 Å². The lowest BCUT2D eigenvalue weighted by atomic mass is 10.5. The summed E-state index contributed by atoms with van der Waals surface area (Å²) in [7, 11) is -3.20. The number of hydrogen-bond donors (Lipinski definition) is 0. The Hall–Kier alpha value is -1.00. The molecule has 7 nitrogen and oxygen atoms in total. The normalized spacial score (nSPS) is 11.9. The summed E-state index contributed by atoms with van der Waals surface area (Å²) in [6.07, 6.45) is 3.44. The van der Waals surface area contributed by atoms with E-state index in [0.717, 1.165) is 30.6 Å². The minimum absolute atomic E-state index is 0.250. The monoisotopic (exact) mass is 305 g/mol. The second-order valence-electron chi connectivity index (χ2n) is 3.50.